The molecule has 0 unspecified atom stereocenters. The van der Waals surface area contributed by atoms with Crippen LogP contribution in [-0.2, 0) is 4.79 Å². The number of amides is 2. The zero-order valence-electron chi connectivity index (χ0n) is 18.2. The van der Waals surface area contributed by atoms with Gasteiger partial charge in [0.25, 0.3) is 5.91 Å². The lowest BCUT2D eigenvalue weighted by molar-refractivity contribution is -0.123. The van der Waals surface area contributed by atoms with Gasteiger partial charge in [-0.25, -0.2) is 0 Å². The van der Waals surface area contributed by atoms with E-state index in [1.54, 1.807) is 31.4 Å². The van der Waals surface area contributed by atoms with Gasteiger partial charge in [-0.2, -0.15) is 0 Å². The van der Waals surface area contributed by atoms with Crippen molar-refractivity contribution in [3.63, 3.8) is 0 Å². The van der Waals surface area contributed by atoms with Crippen molar-refractivity contribution in [3.8, 4) is 5.75 Å². The molecular formula is C26H28N2O4. The van der Waals surface area contributed by atoms with Crippen LogP contribution in [0.4, 0.5) is 5.69 Å². The van der Waals surface area contributed by atoms with E-state index in [2.05, 4.69) is 5.32 Å². The molecule has 0 saturated heterocycles. The number of carbonyl (C=O) groups excluding carboxylic acids is 2. The van der Waals surface area contributed by atoms with Crippen LogP contribution in [0.25, 0.3) is 0 Å². The molecule has 0 bridgehead atoms. The summed E-state index contributed by atoms with van der Waals surface area (Å²) in [4.78, 5) is 28.9. The lowest BCUT2D eigenvalue weighted by atomic mass is 9.94. The summed E-state index contributed by atoms with van der Waals surface area (Å²) in [6, 6.07) is 19.1. The zero-order valence-corrected chi connectivity index (χ0v) is 18.2. The maximum absolute atomic E-state index is 13.7. The maximum atomic E-state index is 13.7. The minimum atomic E-state index is -0.882. The van der Waals surface area contributed by atoms with E-state index in [0.717, 1.165) is 25.7 Å². The van der Waals surface area contributed by atoms with Crippen LogP contribution < -0.4 is 15.0 Å². The van der Waals surface area contributed by atoms with E-state index in [1.165, 1.54) is 17.6 Å². The number of ether oxygens (including phenoxy) is 1. The topological polar surface area (TPSA) is 71.8 Å². The summed E-state index contributed by atoms with van der Waals surface area (Å²) in [7, 11) is 1.55. The number of carbonyl (C=O) groups is 2. The Labute approximate surface area is 188 Å². The third-order valence-electron chi connectivity index (χ3n) is 5.87. The first-order valence-electron chi connectivity index (χ1n) is 11.0. The van der Waals surface area contributed by atoms with Crippen molar-refractivity contribution in [2.75, 3.05) is 12.0 Å². The highest BCUT2D eigenvalue weighted by Crippen LogP contribution is 2.36. The fraction of sp³-hybridized carbons (Fsp3) is 0.308. The summed E-state index contributed by atoms with van der Waals surface area (Å²) < 4.78 is 11.0. The first-order chi connectivity index (χ1) is 15.7. The summed E-state index contributed by atoms with van der Waals surface area (Å²) in [5.41, 5.74) is 1.22. The lowest BCUT2D eigenvalue weighted by Gasteiger charge is -2.33. The number of furan rings is 1. The van der Waals surface area contributed by atoms with Gasteiger partial charge in [-0.3, -0.25) is 14.5 Å². The molecule has 0 spiro atoms. The summed E-state index contributed by atoms with van der Waals surface area (Å²) in [6.45, 7) is 0. The molecule has 3 aromatic rings. The molecule has 1 saturated carbocycles. The Morgan fingerprint density at radius 1 is 0.969 bits per heavy atom. The molecule has 1 aliphatic rings. The molecule has 32 heavy (non-hydrogen) atoms. The van der Waals surface area contributed by atoms with Crippen molar-refractivity contribution in [3.05, 3.63) is 84.3 Å². The second-order valence-electron chi connectivity index (χ2n) is 7.98. The van der Waals surface area contributed by atoms with Crippen molar-refractivity contribution >= 4 is 17.5 Å². The van der Waals surface area contributed by atoms with Crippen LogP contribution in [0.15, 0.2) is 77.4 Å². The monoisotopic (exact) mass is 432 g/mol. The van der Waals surface area contributed by atoms with Crippen LogP contribution in [0.3, 0.4) is 0 Å². The molecule has 1 aliphatic carbocycles. The predicted octanol–water partition coefficient (Wildman–Crippen LogP) is 5.13. The first kappa shape index (κ1) is 21.7. The van der Waals surface area contributed by atoms with Crippen LogP contribution in [0.5, 0.6) is 5.75 Å². The molecule has 0 aliphatic heterocycles. The van der Waals surface area contributed by atoms with Crippen molar-refractivity contribution in [1.29, 1.82) is 0 Å². The van der Waals surface area contributed by atoms with Crippen molar-refractivity contribution in [2.45, 2.75) is 44.2 Å². The number of benzene rings is 2. The second-order valence-corrected chi connectivity index (χ2v) is 7.98. The highest BCUT2D eigenvalue weighted by Gasteiger charge is 2.36. The molecule has 6 heteroatoms. The average Bonchev–Trinajstić information content (AvgIpc) is 3.38. The Bertz CT molecular complexity index is 1030. The number of rotatable bonds is 7. The summed E-state index contributed by atoms with van der Waals surface area (Å²) >= 11 is 0. The van der Waals surface area contributed by atoms with Crippen LogP contribution in [0, 0.1) is 0 Å². The fourth-order valence-electron chi connectivity index (χ4n) is 4.29. The molecule has 1 aromatic heterocycles. The van der Waals surface area contributed by atoms with Gasteiger partial charge >= 0.3 is 0 Å². The van der Waals surface area contributed by atoms with Crippen LogP contribution in [0.2, 0.25) is 0 Å². The van der Waals surface area contributed by atoms with Crippen LogP contribution >= 0.6 is 0 Å². The molecule has 1 N–H and O–H groups in total. The summed E-state index contributed by atoms with van der Waals surface area (Å²) in [6.07, 6.45) is 6.75. The van der Waals surface area contributed by atoms with E-state index in [9.17, 15) is 9.59 Å². The van der Waals surface area contributed by atoms with Gasteiger partial charge in [0.05, 0.1) is 19.1 Å². The quantitative estimate of drug-likeness (QED) is 0.562. The average molecular weight is 433 g/mol. The van der Waals surface area contributed by atoms with Gasteiger partial charge in [-0.15, -0.1) is 0 Å². The first-order valence-corrected chi connectivity index (χ1v) is 11.0. The largest absolute Gasteiger partial charge is 0.495 e. The summed E-state index contributed by atoms with van der Waals surface area (Å²) in [5.74, 6) is 0.0298. The minimum absolute atomic E-state index is 0.112. The van der Waals surface area contributed by atoms with E-state index in [1.807, 2.05) is 42.5 Å². The number of methoxy groups -OCH3 is 1. The molecule has 2 amide bonds. The standard InChI is InChI=1S/C26H28N2O4/c1-31-22-16-9-8-15-21(22)28(26(30)23-17-10-18-32-23)24(19-11-4-2-5-12-19)25(29)27-20-13-6-3-7-14-20/h2,4-5,8-12,15-18,20,24H,3,6-7,13-14H2,1H3,(H,27,29)/t24-/m0/s1. The normalized spacial score (nSPS) is 15.0. The molecule has 166 valence electrons. The van der Waals surface area contributed by atoms with Crippen molar-refractivity contribution in [1.82, 2.24) is 5.32 Å². The smallest absolute Gasteiger partial charge is 0.295 e. The van der Waals surface area contributed by atoms with Gasteiger partial charge in [0.1, 0.15) is 11.8 Å². The molecular weight excluding hydrogens is 404 g/mol. The number of para-hydroxylation sites is 2. The molecule has 6 nitrogen and oxygen atoms in total. The van der Waals surface area contributed by atoms with Crippen molar-refractivity contribution in [2.24, 2.45) is 0 Å². The lowest BCUT2D eigenvalue weighted by Crippen LogP contribution is -2.47. The predicted molar refractivity (Wildman–Crippen MR) is 123 cm³/mol. The number of anilines is 1. The molecule has 1 fully saturated rings. The van der Waals surface area contributed by atoms with E-state index in [0.29, 0.717) is 17.0 Å². The van der Waals surface area contributed by atoms with E-state index >= 15 is 0 Å². The van der Waals surface area contributed by atoms with Gasteiger partial charge in [-0.05, 0) is 42.7 Å². The highest BCUT2D eigenvalue weighted by atomic mass is 16.5. The van der Waals surface area contributed by atoms with Crippen LogP contribution in [0.1, 0.15) is 54.3 Å². The third-order valence-corrected chi connectivity index (χ3v) is 5.87. The highest BCUT2D eigenvalue weighted by molar-refractivity contribution is 6.09. The Kier molecular flexibility index (Phi) is 6.90. The SMILES string of the molecule is COc1ccccc1N(C(=O)c1ccco1)[C@H](C(=O)NC1CCCCC1)c1ccccc1. The number of nitrogens with zero attached hydrogens (tertiary/aromatic N) is 1. The van der Waals surface area contributed by atoms with Crippen molar-refractivity contribution < 1.29 is 18.7 Å². The number of hydrogen-bond acceptors (Lipinski definition) is 4. The molecule has 4 rings (SSSR count). The Morgan fingerprint density at radius 3 is 2.38 bits per heavy atom. The fourth-order valence-corrected chi connectivity index (χ4v) is 4.29. The molecule has 1 atom stereocenters. The Morgan fingerprint density at radius 2 is 1.69 bits per heavy atom. The molecule has 0 radical (unpaired) electrons. The van der Waals surface area contributed by atoms with Gasteiger partial charge in [0.2, 0.25) is 5.91 Å². The second kappa shape index (κ2) is 10.2. The van der Waals surface area contributed by atoms with Gasteiger partial charge in [-0.1, -0.05) is 61.7 Å². The van der Waals surface area contributed by atoms with Crippen LogP contribution in [-0.4, -0.2) is 25.0 Å². The zero-order chi connectivity index (χ0) is 22.3. The van der Waals surface area contributed by atoms with E-state index in [-0.39, 0.29) is 17.7 Å². The summed E-state index contributed by atoms with van der Waals surface area (Å²) in [5, 5.41) is 3.20. The van der Waals surface area contributed by atoms with E-state index in [4.69, 9.17) is 9.15 Å². The number of nitrogens with one attached hydrogen (secondary N) is 1. The molecule has 2 aromatic carbocycles. The molecule has 1 heterocycles. The minimum Gasteiger partial charge on any atom is -0.495 e. The maximum Gasteiger partial charge on any atom is 0.295 e. The number of hydrogen-bond donors (Lipinski definition) is 1. The van der Waals surface area contributed by atoms with Gasteiger partial charge in [0.15, 0.2) is 5.76 Å². The van der Waals surface area contributed by atoms with Gasteiger partial charge < -0.3 is 14.5 Å². The van der Waals surface area contributed by atoms with Gasteiger partial charge in [0, 0.05) is 6.04 Å². The van der Waals surface area contributed by atoms with E-state index < -0.39 is 11.9 Å². The Hall–Kier alpha value is -3.54. The Balaban J connectivity index is 1.80. The third kappa shape index (κ3) is 4.69.